The Hall–Kier alpha value is -3.96. The Morgan fingerprint density at radius 1 is 0.868 bits per heavy atom. The van der Waals surface area contributed by atoms with Crippen LogP contribution in [0.25, 0.3) is 11.1 Å². The standard InChI is InChI=1S/C33H34FNO3/c1-4-38-33(36)22-32(28-18-19-31(34)30(21-28)27-16-11-17-29(20-27)37-3)35(23-25-12-7-5-8-13-25)24(2)26-14-9-6-10-15-26/h5-21,24,32H,4,22-23H2,1-3H3/t24-,32+/m1/s1. The van der Waals surface area contributed by atoms with Crippen LogP contribution < -0.4 is 4.74 Å². The number of hydrogen-bond acceptors (Lipinski definition) is 4. The first-order chi connectivity index (χ1) is 18.5. The van der Waals surface area contributed by atoms with Gasteiger partial charge < -0.3 is 9.47 Å². The van der Waals surface area contributed by atoms with Crippen LogP contribution in [-0.4, -0.2) is 24.6 Å². The summed E-state index contributed by atoms with van der Waals surface area (Å²) >= 11 is 0. The molecule has 38 heavy (non-hydrogen) atoms. The van der Waals surface area contributed by atoms with Gasteiger partial charge in [-0.15, -0.1) is 0 Å². The van der Waals surface area contributed by atoms with E-state index in [4.69, 9.17) is 9.47 Å². The van der Waals surface area contributed by atoms with E-state index in [-0.39, 0.29) is 30.3 Å². The Kier molecular flexibility index (Phi) is 9.28. The van der Waals surface area contributed by atoms with Crippen LogP contribution in [0.3, 0.4) is 0 Å². The number of benzene rings is 4. The summed E-state index contributed by atoms with van der Waals surface area (Å²) < 4.78 is 25.9. The molecule has 4 rings (SSSR count). The highest BCUT2D eigenvalue weighted by atomic mass is 19.1. The summed E-state index contributed by atoms with van der Waals surface area (Å²) in [7, 11) is 1.59. The van der Waals surface area contributed by atoms with Gasteiger partial charge >= 0.3 is 5.97 Å². The Bertz CT molecular complexity index is 1330. The number of halogens is 1. The molecule has 0 radical (unpaired) electrons. The molecule has 0 unspecified atom stereocenters. The van der Waals surface area contributed by atoms with E-state index in [2.05, 4.69) is 36.1 Å². The topological polar surface area (TPSA) is 38.8 Å². The molecule has 4 nitrogen and oxygen atoms in total. The van der Waals surface area contributed by atoms with Crippen molar-refractivity contribution in [1.29, 1.82) is 0 Å². The van der Waals surface area contributed by atoms with Crippen LogP contribution in [0.4, 0.5) is 4.39 Å². The third kappa shape index (κ3) is 6.67. The number of esters is 1. The molecule has 196 valence electrons. The SMILES string of the molecule is CCOC(=O)C[C@@H](c1ccc(F)c(-c2cccc(OC)c2)c1)N(Cc1ccccc1)[C@H](C)c1ccccc1. The van der Waals surface area contributed by atoms with E-state index in [1.807, 2.05) is 66.7 Å². The summed E-state index contributed by atoms with van der Waals surface area (Å²) in [5.74, 6) is 0.0319. The first-order valence-corrected chi connectivity index (χ1v) is 12.9. The van der Waals surface area contributed by atoms with Gasteiger partial charge in [0.1, 0.15) is 11.6 Å². The van der Waals surface area contributed by atoms with Crippen molar-refractivity contribution in [2.75, 3.05) is 13.7 Å². The number of nitrogens with zero attached hydrogens (tertiary/aromatic N) is 1. The van der Waals surface area contributed by atoms with Crippen LogP contribution in [0, 0.1) is 5.82 Å². The quantitative estimate of drug-likeness (QED) is 0.193. The fourth-order valence-electron chi connectivity index (χ4n) is 4.80. The van der Waals surface area contributed by atoms with Crippen molar-refractivity contribution in [3.05, 3.63) is 126 Å². The smallest absolute Gasteiger partial charge is 0.307 e. The lowest BCUT2D eigenvalue weighted by Crippen LogP contribution is -2.33. The Labute approximate surface area is 224 Å². The first-order valence-electron chi connectivity index (χ1n) is 12.9. The average molecular weight is 512 g/mol. The summed E-state index contributed by atoms with van der Waals surface area (Å²) in [6.45, 7) is 4.85. The second-order valence-corrected chi connectivity index (χ2v) is 9.24. The fourth-order valence-corrected chi connectivity index (χ4v) is 4.80. The number of carbonyl (C=O) groups is 1. The molecule has 0 aliphatic rings. The summed E-state index contributed by atoms with van der Waals surface area (Å²) in [5.41, 5.74) is 4.27. The average Bonchev–Trinajstić information content (AvgIpc) is 2.96. The molecule has 0 aliphatic heterocycles. The second kappa shape index (κ2) is 13.0. The van der Waals surface area contributed by atoms with Gasteiger partial charge in [-0.3, -0.25) is 9.69 Å². The molecular weight excluding hydrogens is 477 g/mol. The summed E-state index contributed by atoms with van der Waals surface area (Å²) in [6, 6.07) is 32.5. The maximum Gasteiger partial charge on any atom is 0.307 e. The molecule has 0 fully saturated rings. The van der Waals surface area contributed by atoms with Crippen LogP contribution in [0.5, 0.6) is 5.75 Å². The molecule has 0 aromatic heterocycles. The van der Waals surface area contributed by atoms with Gasteiger partial charge in [0, 0.05) is 24.2 Å². The molecule has 0 bridgehead atoms. The number of carbonyl (C=O) groups excluding carboxylic acids is 1. The lowest BCUT2D eigenvalue weighted by atomic mass is 9.93. The molecule has 0 N–H and O–H groups in total. The van der Waals surface area contributed by atoms with E-state index in [1.54, 1.807) is 20.1 Å². The molecule has 0 aliphatic carbocycles. The molecule has 4 aromatic carbocycles. The first kappa shape index (κ1) is 27.1. The number of rotatable bonds is 11. The van der Waals surface area contributed by atoms with Gasteiger partial charge in [-0.1, -0.05) is 78.9 Å². The van der Waals surface area contributed by atoms with Gasteiger partial charge in [-0.25, -0.2) is 4.39 Å². The molecule has 2 atom stereocenters. The zero-order valence-corrected chi connectivity index (χ0v) is 22.1. The molecule has 0 saturated carbocycles. The maximum atomic E-state index is 15.2. The van der Waals surface area contributed by atoms with Crippen molar-refractivity contribution in [2.45, 2.75) is 38.9 Å². The highest BCUT2D eigenvalue weighted by molar-refractivity contribution is 5.71. The minimum absolute atomic E-state index is 0.0267. The highest BCUT2D eigenvalue weighted by Gasteiger charge is 2.29. The Balaban J connectivity index is 1.82. The van der Waals surface area contributed by atoms with Gasteiger partial charge in [0.05, 0.1) is 20.1 Å². The monoisotopic (exact) mass is 511 g/mol. The van der Waals surface area contributed by atoms with Crippen LogP contribution >= 0.6 is 0 Å². The van der Waals surface area contributed by atoms with E-state index in [0.29, 0.717) is 30.0 Å². The number of methoxy groups -OCH3 is 1. The molecular formula is C33H34FNO3. The Morgan fingerprint density at radius 3 is 2.26 bits per heavy atom. The third-order valence-corrected chi connectivity index (χ3v) is 6.81. The zero-order chi connectivity index (χ0) is 26.9. The summed E-state index contributed by atoms with van der Waals surface area (Å²) in [6.07, 6.45) is 0.140. The highest BCUT2D eigenvalue weighted by Crippen LogP contribution is 2.37. The van der Waals surface area contributed by atoms with E-state index < -0.39 is 0 Å². The lowest BCUT2D eigenvalue weighted by molar-refractivity contribution is -0.145. The van der Waals surface area contributed by atoms with Gasteiger partial charge in [0.25, 0.3) is 0 Å². The predicted molar refractivity (Wildman–Crippen MR) is 149 cm³/mol. The number of hydrogen-bond donors (Lipinski definition) is 0. The molecule has 4 aromatic rings. The maximum absolute atomic E-state index is 15.2. The molecule has 5 heteroatoms. The van der Waals surface area contributed by atoms with Crippen LogP contribution in [-0.2, 0) is 16.1 Å². The van der Waals surface area contributed by atoms with E-state index >= 15 is 4.39 Å². The van der Waals surface area contributed by atoms with Crippen molar-refractivity contribution in [2.24, 2.45) is 0 Å². The van der Waals surface area contributed by atoms with Crippen LogP contribution in [0.15, 0.2) is 103 Å². The van der Waals surface area contributed by atoms with Crippen molar-refractivity contribution >= 4 is 5.97 Å². The van der Waals surface area contributed by atoms with Crippen molar-refractivity contribution in [3.8, 4) is 16.9 Å². The minimum atomic E-state index is -0.352. The Morgan fingerprint density at radius 2 is 1.58 bits per heavy atom. The van der Waals surface area contributed by atoms with E-state index in [0.717, 1.165) is 16.7 Å². The van der Waals surface area contributed by atoms with E-state index in [9.17, 15) is 4.79 Å². The molecule has 0 heterocycles. The van der Waals surface area contributed by atoms with Crippen molar-refractivity contribution in [3.63, 3.8) is 0 Å². The van der Waals surface area contributed by atoms with Crippen molar-refractivity contribution < 1.29 is 18.7 Å². The van der Waals surface area contributed by atoms with Crippen molar-refractivity contribution in [1.82, 2.24) is 4.90 Å². The normalized spacial score (nSPS) is 12.7. The van der Waals surface area contributed by atoms with Gasteiger partial charge in [0.2, 0.25) is 0 Å². The van der Waals surface area contributed by atoms with Crippen LogP contribution in [0.2, 0.25) is 0 Å². The second-order valence-electron chi connectivity index (χ2n) is 9.24. The van der Waals surface area contributed by atoms with Crippen LogP contribution in [0.1, 0.15) is 49.0 Å². The third-order valence-electron chi connectivity index (χ3n) is 6.81. The van der Waals surface area contributed by atoms with Gasteiger partial charge in [0.15, 0.2) is 0 Å². The minimum Gasteiger partial charge on any atom is -0.497 e. The molecule has 0 amide bonds. The molecule has 0 saturated heterocycles. The summed E-state index contributed by atoms with van der Waals surface area (Å²) in [4.78, 5) is 15.2. The molecule has 0 spiro atoms. The van der Waals surface area contributed by atoms with Gasteiger partial charge in [-0.2, -0.15) is 0 Å². The predicted octanol–water partition coefficient (Wildman–Crippen LogP) is 7.76. The number of ether oxygens (including phenoxy) is 2. The lowest BCUT2D eigenvalue weighted by Gasteiger charge is -2.37. The largest absolute Gasteiger partial charge is 0.497 e. The summed E-state index contributed by atoms with van der Waals surface area (Å²) in [5, 5.41) is 0. The fraction of sp³-hybridized carbons (Fsp3) is 0.242. The van der Waals surface area contributed by atoms with E-state index in [1.165, 1.54) is 6.07 Å². The van der Waals surface area contributed by atoms with Gasteiger partial charge in [-0.05, 0) is 60.4 Å². The zero-order valence-electron chi connectivity index (χ0n) is 22.1.